The Bertz CT molecular complexity index is 535. The predicted molar refractivity (Wildman–Crippen MR) is 80.1 cm³/mol. The van der Waals surface area contributed by atoms with Crippen LogP contribution in [-0.2, 0) is 16.6 Å². The zero-order chi connectivity index (χ0) is 15.5. The molecule has 1 aromatic rings. The van der Waals surface area contributed by atoms with Crippen LogP contribution in [0.1, 0.15) is 45.6 Å². The second kappa shape index (κ2) is 6.74. The lowest BCUT2D eigenvalue weighted by Crippen LogP contribution is -2.34. The van der Waals surface area contributed by atoms with Gasteiger partial charge in [-0.2, -0.15) is 4.31 Å². The lowest BCUT2D eigenvalue weighted by atomic mass is 10.3. The Morgan fingerprint density at radius 1 is 1.35 bits per heavy atom. The molecule has 0 spiro atoms. The van der Waals surface area contributed by atoms with Crippen LogP contribution >= 0.6 is 0 Å². The minimum absolute atomic E-state index is 0.0356. The van der Waals surface area contributed by atoms with Crippen LogP contribution in [0.25, 0.3) is 0 Å². The van der Waals surface area contributed by atoms with E-state index in [4.69, 9.17) is 4.42 Å². The van der Waals surface area contributed by atoms with Crippen molar-refractivity contribution >= 4 is 10.0 Å². The number of nitrogens with one attached hydrogen (secondary N) is 1. The molecule has 1 atom stereocenters. The highest BCUT2D eigenvalue weighted by Gasteiger charge is 2.28. The molecule has 20 heavy (non-hydrogen) atoms. The van der Waals surface area contributed by atoms with Gasteiger partial charge in [-0.15, -0.1) is 0 Å². The van der Waals surface area contributed by atoms with Gasteiger partial charge in [-0.1, -0.05) is 20.8 Å². The zero-order valence-electron chi connectivity index (χ0n) is 13.2. The van der Waals surface area contributed by atoms with Gasteiger partial charge in [-0.3, -0.25) is 0 Å². The fourth-order valence-corrected chi connectivity index (χ4v) is 3.44. The molecule has 0 amide bonds. The van der Waals surface area contributed by atoms with Gasteiger partial charge >= 0.3 is 0 Å². The molecule has 0 fully saturated rings. The molecule has 5 nitrogen and oxygen atoms in total. The maximum atomic E-state index is 12.6. The summed E-state index contributed by atoms with van der Waals surface area (Å²) in [7, 11) is -1.87. The van der Waals surface area contributed by atoms with Crippen LogP contribution < -0.4 is 5.32 Å². The summed E-state index contributed by atoms with van der Waals surface area (Å²) >= 11 is 0. The van der Waals surface area contributed by atoms with Gasteiger partial charge in [0.1, 0.15) is 16.4 Å². The Labute approximate surface area is 122 Å². The zero-order valence-corrected chi connectivity index (χ0v) is 14.0. The van der Waals surface area contributed by atoms with Gasteiger partial charge in [0, 0.05) is 25.2 Å². The van der Waals surface area contributed by atoms with Crippen molar-refractivity contribution in [1.29, 1.82) is 0 Å². The van der Waals surface area contributed by atoms with Crippen molar-refractivity contribution in [1.82, 2.24) is 9.62 Å². The quantitative estimate of drug-likeness (QED) is 0.840. The minimum atomic E-state index is -3.49. The van der Waals surface area contributed by atoms with E-state index in [1.165, 1.54) is 4.31 Å². The fourth-order valence-electron chi connectivity index (χ4n) is 1.82. The molecular formula is C14H26N2O3S. The molecule has 1 unspecified atom stereocenters. The molecular weight excluding hydrogens is 276 g/mol. The van der Waals surface area contributed by atoms with Crippen LogP contribution in [0.5, 0.6) is 0 Å². The van der Waals surface area contributed by atoms with Crippen LogP contribution in [0.3, 0.4) is 0 Å². The summed E-state index contributed by atoms with van der Waals surface area (Å²) in [6, 6.07) is 1.91. The fraction of sp³-hybridized carbons (Fsp3) is 0.714. The van der Waals surface area contributed by atoms with E-state index in [2.05, 4.69) is 5.32 Å². The molecule has 0 aliphatic heterocycles. The van der Waals surface area contributed by atoms with Gasteiger partial charge in [0.15, 0.2) is 0 Å². The summed E-state index contributed by atoms with van der Waals surface area (Å²) in [4.78, 5) is 0.265. The molecule has 116 valence electrons. The first-order chi connectivity index (χ1) is 9.20. The maximum Gasteiger partial charge on any atom is 0.246 e. The highest BCUT2D eigenvalue weighted by atomic mass is 32.2. The van der Waals surface area contributed by atoms with Crippen LogP contribution in [0.15, 0.2) is 15.4 Å². The van der Waals surface area contributed by atoms with E-state index in [9.17, 15) is 8.42 Å². The average Bonchev–Trinajstić information content (AvgIpc) is 2.76. The predicted octanol–water partition coefficient (Wildman–Crippen LogP) is 2.51. The number of furan rings is 1. The normalized spacial score (nSPS) is 14.2. The van der Waals surface area contributed by atoms with Gasteiger partial charge in [0.25, 0.3) is 0 Å². The number of hydrogen-bond acceptors (Lipinski definition) is 4. The topological polar surface area (TPSA) is 62.6 Å². The molecule has 1 N–H and O–H groups in total. The third-order valence-corrected chi connectivity index (χ3v) is 5.56. The van der Waals surface area contributed by atoms with Crippen molar-refractivity contribution in [3.63, 3.8) is 0 Å². The van der Waals surface area contributed by atoms with E-state index < -0.39 is 10.0 Å². The monoisotopic (exact) mass is 302 g/mol. The molecule has 1 rings (SSSR count). The number of hydrogen-bond donors (Lipinski definition) is 1. The summed E-state index contributed by atoms with van der Waals surface area (Å²) in [6.45, 7) is 10.1. The highest BCUT2D eigenvalue weighted by molar-refractivity contribution is 7.89. The summed E-state index contributed by atoms with van der Waals surface area (Å²) in [5.41, 5.74) is 0. The number of aryl methyl sites for hydroxylation is 1. The summed E-state index contributed by atoms with van der Waals surface area (Å²) in [5, 5.41) is 3.21. The van der Waals surface area contributed by atoms with E-state index >= 15 is 0 Å². The van der Waals surface area contributed by atoms with E-state index in [0.29, 0.717) is 24.1 Å². The van der Waals surface area contributed by atoms with Gasteiger partial charge < -0.3 is 9.73 Å². The molecule has 0 aliphatic carbocycles. The van der Waals surface area contributed by atoms with Crippen molar-refractivity contribution in [2.75, 3.05) is 7.05 Å². The summed E-state index contributed by atoms with van der Waals surface area (Å²) < 4.78 is 32.1. The minimum Gasteiger partial charge on any atom is -0.464 e. The molecule has 0 saturated heterocycles. The molecule has 0 aliphatic rings. The molecule has 1 aromatic heterocycles. The second-order valence-electron chi connectivity index (χ2n) is 5.45. The van der Waals surface area contributed by atoms with E-state index in [1.54, 1.807) is 20.0 Å². The number of rotatable bonds is 7. The Hall–Kier alpha value is -0.850. The Morgan fingerprint density at radius 3 is 2.45 bits per heavy atom. The smallest absolute Gasteiger partial charge is 0.246 e. The average molecular weight is 302 g/mol. The first-order valence-corrected chi connectivity index (χ1v) is 8.44. The van der Waals surface area contributed by atoms with Crippen molar-refractivity contribution in [3.05, 3.63) is 17.6 Å². The lowest BCUT2D eigenvalue weighted by molar-refractivity contribution is 0.379. The largest absolute Gasteiger partial charge is 0.464 e. The molecule has 0 saturated carbocycles. The van der Waals surface area contributed by atoms with Crippen molar-refractivity contribution in [2.24, 2.45) is 0 Å². The van der Waals surface area contributed by atoms with Crippen LogP contribution in [0.4, 0.5) is 0 Å². The first kappa shape index (κ1) is 17.2. The molecule has 0 aromatic carbocycles. The van der Waals surface area contributed by atoms with E-state index in [-0.39, 0.29) is 10.9 Å². The SMILES string of the molecule is CCC(C)N(C)S(=O)(=O)c1cc(CNC(C)C)oc1C. The standard InChI is InChI=1S/C14H26N2O3S/c1-7-11(4)16(6)20(17,18)14-8-13(19-12(14)5)9-15-10(2)3/h8,10-11,15H,7,9H2,1-6H3. The van der Waals surface area contributed by atoms with Crippen LogP contribution in [0.2, 0.25) is 0 Å². The third kappa shape index (κ3) is 3.84. The Balaban J connectivity index is 3.01. The van der Waals surface area contributed by atoms with Gasteiger partial charge in [-0.05, 0) is 20.3 Å². The second-order valence-corrected chi connectivity index (χ2v) is 7.41. The van der Waals surface area contributed by atoms with Gasteiger partial charge in [0.2, 0.25) is 10.0 Å². The lowest BCUT2D eigenvalue weighted by Gasteiger charge is -2.22. The van der Waals surface area contributed by atoms with E-state index in [1.807, 2.05) is 27.7 Å². The first-order valence-electron chi connectivity index (χ1n) is 7.00. The van der Waals surface area contributed by atoms with Crippen LogP contribution in [-0.4, -0.2) is 31.9 Å². The third-order valence-electron chi connectivity index (χ3n) is 3.48. The molecule has 6 heteroatoms. The van der Waals surface area contributed by atoms with Crippen molar-refractivity contribution < 1.29 is 12.8 Å². The summed E-state index contributed by atoms with van der Waals surface area (Å²) in [5.74, 6) is 1.09. The number of sulfonamides is 1. The van der Waals surface area contributed by atoms with E-state index in [0.717, 1.165) is 6.42 Å². The molecule has 1 heterocycles. The Morgan fingerprint density at radius 2 is 1.95 bits per heavy atom. The van der Waals surface area contributed by atoms with Gasteiger partial charge in [-0.25, -0.2) is 8.42 Å². The van der Waals surface area contributed by atoms with Gasteiger partial charge in [0.05, 0.1) is 6.54 Å². The van der Waals surface area contributed by atoms with Crippen molar-refractivity contribution in [3.8, 4) is 0 Å². The molecule has 0 bridgehead atoms. The van der Waals surface area contributed by atoms with Crippen LogP contribution in [0, 0.1) is 6.92 Å². The maximum absolute atomic E-state index is 12.6. The highest BCUT2D eigenvalue weighted by Crippen LogP contribution is 2.24. The van der Waals surface area contributed by atoms with Crippen molar-refractivity contribution in [2.45, 2.75) is 64.6 Å². The summed E-state index contributed by atoms with van der Waals surface area (Å²) in [6.07, 6.45) is 0.772. The number of nitrogens with zero attached hydrogens (tertiary/aromatic N) is 1. The molecule has 0 radical (unpaired) electrons. The Kier molecular flexibility index (Phi) is 5.79.